The molecular weight excluding hydrogens is 236 g/mol. The highest BCUT2D eigenvalue weighted by molar-refractivity contribution is 5.84. The Hall–Kier alpha value is -1.15. The van der Waals surface area contributed by atoms with Crippen LogP contribution in [0.2, 0.25) is 0 Å². The van der Waals surface area contributed by atoms with E-state index in [0.29, 0.717) is 13.0 Å². The summed E-state index contributed by atoms with van der Waals surface area (Å²) in [4.78, 5) is 12.2. The second-order valence-electron chi connectivity index (χ2n) is 4.88. The zero-order valence-corrected chi connectivity index (χ0v) is 12.2. The van der Waals surface area contributed by atoms with Gasteiger partial charge in [-0.05, 0) is 18.9 Å². The first-order chi connectivity index (χ1) is 9.29. The molecule has 0 radical (unpaired) electrons. The molecule has 1 unspecified atom stereocenters. The van der Waals surface area contributed by atoms with Gasteiger partial charge in [0.2, 0.25) is 0 Å². The maximum atomic E-state index is 12.2. The predicted octanol–water partition coefficient (Wildman–Crippen LogP) is 4.69. The van der Waals surface area contributed by atoms with E-state index >= 15 is 0 Å². The highest BCUT2D eigenvalue weighted by Crippen LogP contribution is 2.21. The van der Waals surface area contributed by atoms with Crippen molar-refractivity contribution in [2.24, 2.45) is 0 Å². The van der Waals surface area contributed by atoms with Crippen LogP contribution in [-0.4, -0.2) is 12.4 Å². The second-order valence-corrected chi connectivity index (χ2v) is 4.88. The van der Waals surface area contributed by atoms with E-state index in [2.05, 4.69) is 6.92 Å². The summed E-state index contributed by atoms with van der Waals surface area (Å²) in [6.07, 6.45) is 6.11. The molecule has 0 saturated heterocycles. The molecule has 19 heavy (non-hydrogen) atoms. The fourth-order valence-electron chi connectivity index (χ4n) is 2.20. The molecule has 0 saturated carbocycles. The molecular formula is C17H26O2. The van der Waals surface area contributed by atoms with Crippen molar-refractivity contribution in [3.8, 4) is 0 Å². The van der Waals surface area contributed by atoms with Gasteiger partial charge in [0.05, 0.1) is 0 Å². The van der Waals surface area contributed by atoms with E-state index < -0.39 is 0 Å². The van der Waals surface area contributed by atoms with Gasteiger partial charge in [0.1, 0.15) is 6.10 Å². The van der Waals surface area contributed by atoms with Gasteiger partial charge in [0, 0.05) is 13.0 Å². The summed E-state index contributed by atoms with van der Waals surface area (Å²) in [6.45, 7) is 4.71. The minimum atomic E-state index is -0.377. The van der Waals surface area contributed by atoms with Crippen molar-refractivity contribution < 1.29 is 9.53 Å². The van der Waals surface area contributed by atoms with Crippen molar-refractivity contribution >= 4 is 5.78 Å². The Kier molecular flexibility index (Phi) is 8.15. The Morgan fingerprint density at radius 3 is 2.37 bits per heavy atom. The van der Waals surface area contributed by atoms with Gasteiger partial charge in [-0.15, -0.1) is 0 Å². The van der Waals surface area contributed by atoms with Crippen LogP contribution in [0.1, 0.15) is 64.0 Å². The summed E-state index contributed by atoms with van der Waals surface area (Å²) in [5, 5.41) is 0. The Balaban J connectivity index is 2.45. The Bertz CT molecular complexity index is 346. The summed E-state index contributed by atoms with van der Waals surface area (Å²) in [6, 6.07) is 9.80. The van der Waals surface area contributed by atoms with Crippen molar-refractivity contribution in [2.75, 3.05) is 6.61 Å². The van der Waals surface area contributed by atoms with Crippen LogP contribution in [0.5, 0.6) is 0 Å². The van der Waals surface area contributed by atoms with Crippen LogP contribution < -0.4 is 0 Å². The summed E-state index contributed by atoms with van der Waals surface area (Å²) >= 11 is 0. The first-order valence-electron chi connectivity index (χ1n) is 7.48. The topological polar surface area (TPSA) is 26.3 Å². The van der Waals surface area contributed by atoms with E-state index in [1.165, 1.54) is 19.3 Å². The number of unbranched alkanes of at least 4 members (excludes halogenated alkanes) is 4. The molecule has 2 nitrogen and oxygen atoms in total. The largest absolute Gasteiger partial charge is 0.366 e. The van der Waals surface area contributed by atoms with Gasteiger partial charge >= 0.3 is 0 Å². The molecule has 1 atom stereocenters. The number of rotatable bonds is 10. The molecule has 1 rings (SSSR count). The van der Waals surface area contributed by atoms with Gasteiger partial charge in [-0.2, -0.15) is 0 Å². The van der Waals surface area contributed by atoms with Gasteiger partial charge in [-0.25, -0.2) is 0 Å². The number of hydrogen-bond donors (Lipinski definition) is 0. The molecule has 2 heteroatoms. The molecule has 1 aromatic rings. The zero-order valence-electron chi connectivity index (χ0n) is 12.2. The fourth-order valence-corrected chi connectivity index (χ4v) is 2.20. The summed E-state index contributed by atoms with van der Waals surface area (Å²) in [7, 11) is 0. The van der Waals surface area contributed by atoms with Crippen LogP contribution in [0.4, 0.5) is 0 Å². The Morgan fingerprint density at radius 1 is 1.05 bits per heavy atom. The molecule has 0 spiro atoms. The number of Topliss-reactive ketones (excluding diaryl/α,β-unsaturated/α-hetero) is 1. The Morgan fingerprint density at radius 2 is 1.74 bits per heavy atom. The molecule has 0 bridgehead atoms. The smallest absolute Gasteiger partial charge is 0.166 e. The van der Waals surface area contributed by atoms with Crippen molar-refractivity contribution in [1.82, 2.24) is 0 Å². The molecule has 106 valence electrons. The normalized spacial score (nSPS) is 12.3. The lowest BCUT2D eigenvalue weighted by molar-refractivity contribution is -0.130. The van der Waals surface area contributed by atoms with E-state index in [4.69, 9.17) is 4.74 Å². The summed E-state index contributed by atoms with van der Waals surface area (Å²) < 4.78 is 5.62. The van der Waals surface area contributed by atoms with Crippen LogP contribution in [0.15, 0.2) is 30.3 Å². The molecule has 0 aromatic heterocycles. The summed E-state index contributed by atoms with van der Waals surface area (Å²) in [5.74, 6) is 0.213. The molecule has 0 aliphatic heterocycles. The van der Waals surface area contributed by atoms with E-state index in [0.717, 1.165) is 18.4 Å². The first kappa shape index (κ1) is 15.9. The highest BCUT2D eigenvalue weighted by atomic mass is 16.5. The quantitative estimate of drug-likeness (QED) is 0.572. The number of ether oxygens (including phenoxy) is 1. The van der Waals surface area contributed by atoms with E-state index in [9.17, 15) is 4.79 Å². The standard InChI is InChI=1S/C17H26O2/c1-3-5-6-7-11-14-16(18)17(19-4-2)15-12-9-8-10-13-15/h8-10,12-13,17H,3-7,11,14H2,1-2H3. The number of ketones is 1. The van der Waals surface area contributed by atoms with E-state index in [1.807, 2.05) is 37.3 Å². The number of hydrogen-bond acceptors (Lipinski definition) is 2. The molecule has 0 heterocycles. The maximum Gasteiger partial charge on any atom is 0.166 e. The first-order valence-corrected chi connectivity index (χ1v) is 7.48. The lowest BCUT2D eigenvalue weighted by atomic mass is 10.0. The van der Waals surface area contributed by atoms with Gasteiger partial charge < -0.3 is 4.74 Å². The van der Waals surface area contributed by atoms with Gasteiger partial charge in [0.25, 0.3) is 0 Å². The van der Waals surface area contributed by atoms with Gasteiger partial charge in [0.15, 0.2) is 5.78 Å². The minimum Gasteiger partial charge on any atom is -0.366 e. The molecule has 0 fully saturated rings. The Labute approximate surface area is 117 Å². The third-order valence-corrected chi connectivity index (χ3v) is 3.25. The second kappa shape index (κ2) is 9.74. The van der Waals surface area contributed by atoms with Gasteiger partial charge in [-0.1, -0.05) is 62.9 Å². The monoisotopic (exact) mass is 262 g/mol. The van der Waals surface area contributed by atoms with Gasteiger partial charge in [-0.3, -0.25) is 4.79 Å². The SMILES string of the molecule is CCCCCCCC(=O)C(OCC)c1ccccc1. The molecule has 0 aliphatic rings. The lowest BCUT2D eigenvalue weighted by Crippen LogP contribution is -2.16. The van der Waals surface area contributed by atoms with Crippen molar-refractivity contribution in [3.63, 3.8) is 0 Å². The van der Waals surface area contributed by atoms with Crippen LogP contribution in [0, 0.1) is 0 Å². The maximum absolute atomic E-state index is 12.2. The van der Waals surface area contributed by atoms with Crippen LogP contribution in [0.25, 0.3) is 0 Å². The van der Waals surface area contributed by atoms with Crippen LogP contribution >= 0.6 is 0 Å². The number of carbonyl (C=O) groups excluding carboxylic acids is 1. The average Bonchev–Trinajstić information content (AvgIpc) is 2.45. The van der Waals surface area contributed by atoms with E-state index in [-0.39, 0.29) is 11.9 Å². The predicted molar refractivity (Wildman–Crippen MR) is 79.2 cm³/mol. The third-order valence-electron chi connectivity index (χ3n) is 3.25. The minimum absolute atomic E-state index is 0.213. The number of carbonyl (C=O) groups is 1. The van der Waals surface area contributed by atoms with Crippen molar-refractivity contribution in [1.29, 1.82) is 0 Å². The van der Waals surface area contributed by atoms with Crippen molar-refractivity contribution in [3.05, 3.63) is 35.9 Å². The van der Waals surface area contributed by atoms with E-state index in [1.54, 1.807) is 0 Å². The fraction of sp³-hybridized carbons (Fsp3) is 0.588. The van der Waals surface area contributed by atoms with Crippen LogP contribution in [0.3, 0.4) is 0 Å². The van der Waals surface area contributed by atoms with Crippen molar-refractivity contribution in [2.45, 2.75) is 58.5 Å². The molecule has 0 amide bonds. The highest BCUT2D eigenvalue weighted by Gasteiger charge is 2.19. The average molecular weight is 262 g/mol. The molecule has 1 aromatic carbocycles. The number of benzene rings is 1. The summed E-state index contributed by atoms with van der Waals surface area (Å²) in [5.41, 5.74) is 0.975. The lowest BCUT2D eigenvalue weighted by Gasteiger charge is -2.16. The zero-order chi connectivity index (χ0) is 13.9. The molecule has 0 aliphatic carbocycles. The van der Waals surface area contributed by atoms with Crippen LogP contribution in [-0.2, 0) is 9.53 Å². The third kappa shape index (κ3) is 6.02. The molecule has 0 N–H and O–H groups in total.